The van der Waals surface area contributed by atoms with Gasteiger partial charge in [0.05, 0.1) is 16.6 Å². The van der Waals surface area contributed by atoms with Gasteiger partial charge < -0.3 is 15.0 Å². The minimum absolute atomic E-state index is 0.338. The maximum Gasteiger partial charge on any atom is 0.416 e. The van der Waals surface area contributed by atoms with Crippen LogP contribution in [0.1, 0.15) is 25.2 Å². The van der Waals surface area contributed by atoms with Crippen LogP contribution < -0.4 is 10.5 Å². The number of nitrogens with zero attached hydrogens (tertiary/aromatic N) is 2. The quantitative estimate of drug-likeness (QED) is 0.709. The van der Waals surface area contributed by atoms with Crippen molar-refractivity contribution in [2.45, 2.75) is 25.6 Å². The van der Waals surface area contributed by atoms with E-state index in [4.69, 9.17) is 10.5 Å². The van der Waals surface area contributed by atoms with Gasteiger partial charge in [0.1, 0.15) is 5.75 Å². The molecule has 0 spiro atoms. The van der Waals surface area contributed by atoms with E-state index in [2.05, 4.69) is 4.98 Å². The fourth-order valence-corrected chi connectivity index (χ4v) is 2.81. The summed E-state index contributed by atoms with van der Waals surface area (Å²) in [7, 11) is 1.86. The Hall–Kier alpha value is -2.70. The molecule has 2 N–H and O–H groups in total. The van der Waals surface area contributed by atoms with Gasteiger partial charge >= 0.3 is 6.18 Å². The summed E-state index contributed by atoms with van der Waals surface area (Å²) in [5.74, 6) is 0.984. The highest BCUT2D eigenvalue weighted by Crippen LogP contribution is 2.33. The van der Waals surface area contributed by atoms with Crippen molar-refractivity contribution < 1.29 is 17.9 Å². The smallest absolute Gasteiger partial charge is 0.416 e. The van der Waals surface area contributed by atoms with E-state index >= 15 is 0 Å². The average molecular weight is 349 g/mol. The number of benzene rings is 2. The van der Waals surface area contributed by atoms with E-state index in [-0.39, 0.29) is 0 Å². The SMILES string of the molecule is Cn1c(C(C)(C)Oc2ccc(C(F)(F)F)cc2)nc2cc(N)ccc21. The summed E-state index contributed by atoms with van der Waals surface area (Å²) in [5, 5.41) is 0. The topological polar surface area (TPSA) is 53.1 Å². The number of halogens is 3. The number of aromatic nitrogens is 2. The number of rotatable bonds is 3. The van der Waals surface area contributed by atoms with E-state index in [0.29, 0.717) is 17.3 Å². The van der Waals surface area contributed by atoms with Crippen molar-refractivity contribution in [1.29, 1.82) is 0 Å². The lowest BCUT2D eigenvalue weighted by Crippen LogP contribution is -2.29. The molecule has 3 aromatic rings. The Morgan fingerprint density at radius 3 is 2.28 bits per heavy atom. The third-order valence-corrected chi connectivity index (χ3v) is 4.00. The van der Waals surface area contributed by atoms with Gasteiger partial charge in [0.15, 0.2) is 11.4 Å². The maximum absolute atomic E-state index is 12.7. The van der Waals surface area contributed by atoms with Crippen LogP contribution in [0.3, 0.4) is 0 Å². The summed E-state index contributed by atoms with van der Waals surface area (Å²) in [6.07, 6.45) is -4.37. The van der Waals surface area contributed by atoms with Crippen molar-refractivity contribution in [2.75, 3.05) is 5.73 Å². The second kappa shape index (κ2) is 5.68. The molecule has 25 heavy (non-hydrogen) atoms. The van der Waals surface area contributed by atoms with Gasteiger partial charge in [-0.15, -0.1) is 0 Å². The first kappa shape index (κ1) is 17.1. The molecule has 0 fully saturated rings. The monoisotopic (exact) mass is 349 g/mol. The van der Waals surface area contributed by atoms with Crippen molar-refractivity contribution in [3.05, 3.63) is 53.9 Å². The zero-order valence-corrected chi connectivity index (χ0v) is 14.1. The van der Waals surface area contributed by atoms with Crippen molar-refractivity contribution in [1.82, 2.24) is 9.55 Å². The fraction of sp³-hybridized carbons (Fsp3) is 0.278. The van der Waals surface area contributed by atoms with Crippen molar-refractivity contribution >= 4 is 16.7 Å². The van der Waals surface area contributed by atoms with Gasteiger partial charge in [-0.25, -0.2) is 4.98 Å². The molecule has 0 aliphatic rings. The number of hydrogen-bond donors (Lipinski definition) is 1. The van der Waals surface area contributed by atoms with Crippen molar-refractivity contribution in [3.63, 3.8) is 0 Å². The minimum Gasteiger partial charge on any atom is -0.480 e. The first-order valence-electron chi connectivity index (χ1n) is 7.66. The van der Waals surface area contributed by atoms with Gasteiger partial charge in [-0.1, -0.05) is 0 Å². The van der Waals surface area contributed by atoms with E-state index in [1.54, 1.807) is 12.1 Å². The standard InChI is InChI=1S/C18H18F3N3O/c1-17(2,25-13-7-4-11(5-8-13)18(19,20)21)16-23-14-10-12(22)6-9-15(14)24(16)3/h4-10H,22H2,1-3H3. The van der Waals surface area contributed by atoms with Crippen molar-refractivity contribution in [3.8, 4) is 5.75 Å². The molecule has 0 bridgehead atoms. The number of nitrogen functional groups attached to an aromatic ring is 1. The average Bonchev–Trinajstić information content (AvgIpc) is 2.83. The Balaban J connectivity index is 1.93. The molecule has 0 atom stereocenters. The van der Waals surface area contributed by atoms with E-state index in [1.807, 2.05) is 31.5 Å². The van der Waals surface area contributed by atoms with Gasteiger partial charge in [-0.05, 0) is 56.3 Å². The fourth-order valence-electron chi connectivity index (χ4n) is 2.81. The molecule has 0 unspecified atom stereocenters. The number of hydrogen-bond acceptors (Lipinski definition) is 3. The van der Waals surface area contributed by atoms with E-state index in [1.165, 1.54) is 12.1 Å². The third-order valence-electron chi connectivity index (χ3n) is 4.00. The number of fused-ring (bicyclic) bond motifs is 1. The summed E-state index contributed by atoms with van der Waals surface area (Å²) in [4.78, 5) is 4.58. The van der Waals surface area contributed by atoms with Crippen LogP contribution in [0.25, 0.3) is 11.0 Å². The van der Waals surface area contributed by atoms with Gasteiger partial charge in [-0.3, -0.25) is 0 Å². The third kappa shape index (κ3) is 3.26. The van der Waals surface area contributed by atoms with Crippen LogP contribution in [-0.4, -0.2) is 9.55 Å². The van der Waals surface area contributed by atoms with Crippen LogP contribution >= 0.6 is 0 Å². The van der Waals surface area contributed by atoms with E-state index in [9.17, 15) is 13.2 Å². The Labute approximate surface area is 143 Å². The normalized spacial score (nSPS) is 12.6. The Kier molecular flexibility index (Phi) is 3.89. The highest BCUT2D eigenvalue weighted by Gasteiger charge is 2.32. The zero-order valence-electron chi connectivity index (χ0n) is 14.1. The maximum atomic E-state index is 12.7. The predicted molar refractivity (Wildman–Crippen MR) is 90.2 cm³/mol. The van der Waals surface area contributed by atoms with Crippen LogP contribution in [0, 0.1) is 0 Å². The van der Waals surface area contributed by atoms with Crippen LogP contribution in [0.4, 0.5) is 18.9 Å². The van der Waals surface area contributed by atoms with E-state index < -0.39 is 17.3 Å². The predicted octanol–water partition coefficient (Wildman–Crippen LogP) is 4.49. The number of ether oxygens (including phenoxy) is 1. The number of imidazole rings is 1. The molecular weight excluding hydrogens is 331 g/mol. The van der Waals surface area contributed by atoms with Crippen LogP contribution in [0.2, 0.25) is 0 Å². The summed E-state index contributed by atoms with van der Waals surface area (Å²) in [6, 6.07) is 10.1. The highest BCUT2D eigenvalue weighted by molar-refractivity contribution is 5.79. The molecule has 3 rings (SSSR count). The summed E-state index contributed by atoms with van der Waals surface area (Å²) in [5.41, 5.74) is 6.48. The lowest BCUT2D eigenvalue weighted by molar-refractivity contribution is -0.137. The molecule has 0 amide bonds. The molecule has 0 aliphatic heterocycles. The zero-order chi connectivity index (χ0) is 18.4. The second-order valence-electron chi connectivity index (χ2n) is 6.38. The van der Waals surface area contributed by atoms with Gasteiger partial charge in [-0.2, -0.15) is 13.2 Å². The summed E-state index contributed by atoms with van der Waals surface area (Å²) < 4.78 is 45.8. The summed E-state index contributed by atoms with van der Waals surface area (Å²) in [6.45, 7) is 3.63. The first-order valence-corrected chi connectivity index (χ1v) is 7.66. The molecular formula is C18H18F3N3O. The number of alkyl halides is 3. The van der Waals surface area contributed by atoms with E-state index in [0.717, 1.165) is 23.2 Å². The van der Waals surface area contributed by atoms with Gasteiger partial charge in [0, 0.05) is 12.7 Å². The molecule has 1 aromatic heterocycles. The molecule has 7 heteroatoms. The molecule has 0 saturated heterocycles. The molecule has 1 heterocycles. The van der Waals surface area contributed by atoms with Gasteiger partial charge in [0.25, 0.3) is 0 Å². The Morgan fingerprint density at radius 2 is 1.68 bits per heavy atom. The van der Waals surface area contributed by atoms with Crippen LogP contribution in [0.15, 0.2) is 42.5 Å². The highest BCUT2D eigenvalue weighted by atomic mass is 19.4. The van der Waals surface area contributed by atoms with Crippen LogP contribution in [0.5, 0.6) is 5.75 Å². The number of nitrogens with two attached hydrogens (primary N) is 1. The molecule has 0 radical (unpaired) electrons. The molecule has 0 saturated carbocycles. The van der Waals surface area contributed by atoms with Crippen LogP contribution in [-0.2, 0) is 18.8 Å². The minimum atomic E-state index is -4.37. The first-order chi connectivity index (χ1) is 11.6. The number of anilines is 1. The van der Waals surface area contributed by atoms with Crippen molar-refractivity contribution in [2.24, 2.45) is 7.05 Å². The molecule has 4 nitrogen and oxygen atoms in total. The summed E-state index contributed by atoms with van der Waals surface area (Å²) >= 11 is 0. The Bertz CT molecular complexity index is 912. The lowest BCUT2D eigenvalue weighted by Gasteiger charge is -2.26. The lowest BCUT2D eigenvalue weighted by atomic mass is 10.1. The largest absolute Gasteiger partial charge is 0.480 e. The number of aryl methyl sites for hydroxylation is 1. The molecule has 0 aliphatic carbocycles. The second-order valence-corrected chi connectivity index (χ2v) is 6.38. The van der Waals surface area contributed by atoms with Gasteiger partial charge in [0.2, 0.25) is 0 Å². The Morgan fingerprint density at radius 1 is 1.04 bits per heavy atom. The molecule has 132 valence electrons. The molecule has 2 aromatic carbocycles.